The lowest BCUT2D eigenvalue weighted by Gasteiger charge is -2.29. The first-order valence-corrected chi connectivity index (χ1v) is 5.94. The van der Waals surface area contributed by atoms with Crippen LogP contribution in [-0.2, 0) is 11.3 Å². The van der Waals surface area contributed by atoms with Gasteiger partial charge in [0.15, 0.2) is 6.79 Å². The van der Waals surface area contributed by atoms with Crippen molar-refractivity contribution >= 4 is 0 Å². The highest BCUT2D eigenvalue weighted by Gasteiger charge is 2.28. The molecular formula is C14H22O4. The molecule has 1 atom stereocenters. The lowest BCUT2D eigenvalue weighted by atomic mass is 9.82. The molecule has 4 nitrogen and oxygen atoms in total. The molecule has 0 aliphatic heterocycles. The normalized spacial score (nSPS) is 13.4. The second kappa shape index (κ2) is 6.18. The van der Waals surface area contributed by atoms with Crippen molar-refractivity contribution < 1.29 is 19.7 Å². The predicted molar refractivity (Wildman–Crippen MR) is 69.3 cm³/mol. The van der Waals surface area contributed by atoms with Crippen LogP contribution >= 0.6 is 0 Å². The molecule has 1 unspecified atom stereocenters. The van der Waals surface area contributed by atoms with Gasteiger partial charge in [-0.2, -0.15) is 0 Å². The van der Waals surface area contributed by atoms with Crippen LogP contribution in [0.3, 0.4) is 0 Å². The number of rotatable bonds is 5. The third kappa shape index (κ3) is 3.45. The standard InChI is InChI=1S/C14H22O4/c1-14(2,3)13(16)12-10(8-15)6-5-7-11(12)18-9-17-4/h5-7,13,15-16H,8-9H2,1-4H3. The molecule has 18 heavy (non-hydrogen) atoms. The van der Waals surface area contributed by atoms with Gasteiger partial charge in [0.1, 0.15) is 5.75 Å². The summed E-state index contributed by atoms with van der Waals surface area (Å²) in [7, 11) is 1.54. The van der Waals surface area contributed by atoms with E-state index in [0.717, 1.165) is 0 Å². The first kappa shape index (κ1) is 15.0. The number of benzene rings is 1. The van der Waals surface area contributed by atoms with E-state index in [4.69, 9.17) is 9.47 Å². The van der Waals surface area contributed by atoms with Crippen LogP contribution in [0.1, 0.15) is 38.0 Å². The summed E-state index contributed by atoms with van der Waals surface area (Å²) >= 11 is 0. The summed E-state index contributed by atoms with van der Waals surface area (Å²) in [5.41, 5.74) is 0.965. The van der Waals surface area contributed by atoms with Crippen molar-refractivity contribution in [3.05, 3.63) is 29.3 Å². The molecule has 0 aliphatic carbocycles. The lowest BCUT2D eigenvalue weighted by Crippen LogP contribution is -2.20. The molecule has 0 fully saturated rings. The van der Waals surface area contributed by atoms with Gasteiger partial charge in [-0.05, 0) is 17.0 Å². The fourth-order valence-corrected chi connectivity index (χ4v) is 1.72. The van der Waals surface area contributed by atoms with E-state index >= 15 is 0 Å². The fraction of sp³-hybridized carbons (Fsp3) is 0.571. The van der Waals surface area contributed by atoms with E-state index in [0.29, 0.717) is 16.9 Å². The van der Waals surface area contributed by atoms with Gasteiger partial charge < -0.3 is 19.7 Å². The number of hydrogen-bond donors (Lipinski definition) is 2. The number of aliphatic hydroxyl groups is 2. The van der Waals surface area contributed by atoms with Gasteiger partial charge in [0, 0.05) is 12.7 Å². The molecule has 0 bridgehead atoms. The van der Waals surface area contributed by atoms with Crippen LogP contribution in [0.25, 0.3) is 0 Å². The van der Waals surface area contributed by atoms with Gasteiger partial charge >= 0.3 is 0 Å². The van der Waals surface area contributed by atoms with Crippen molar-refractivity contribution in [1.29, 1.82) is 0 Å². The van der Waals surface area contributed by atoms with Crippen molar-refractivity contribution in [2.75, 3.05) is 13.9 Å². The van der Waals surface area contributed by atoms with E-state index < -0.39 is 6.10 Å². The van der Waals surface area contributed by atoms with Gasteiger partial charge in [0.25, 0.3) is 0 Å². The van der Waals surface area contributed by atoms with Gasteiger partial charge in [-0.15, -0.1) is 0 Å². The number of methoxy groups -OCH3 is 1. The third-order valence-corrected chi connectivity index (χ3v) is 2.75. The van der Waals surface area contributed by atoms with Crippen LogP contribution in [-0.4, -0.2) is 24.1 Å². The van der Waals surface area contributed by atoms with E-state index in [2.05, 4.69) is 0 Å². The molecule has 0 saturated carbocycles. The summed E-state index contributed by atoms with van der Waals surface area (Å²) < 4.78 is 10.3. The highest BCUT2D eigenvalue weighted by molar-refractivity contribution is 5.42. The third-order valence-electron chi connectivity index (χ3n) is 2.75. The maximum Gasteiger partial charge on any atom is 0.188 e. The van der Waals surface area contributed by atoms with E-state index in [1.807, 2.05) is 20.8 Å². The minimum Gasteiger partial charge on any atom is -0.467 e. The molecule has 0 spiro atoms. The van der Waals surface area contributed by atoms with Crippen LogP contribution in [0.2, 0.25) is 0 Å². The van der Waals surface area contributed by atoms with Crippen molar-refractivity contribution in [2.24, 2.45) is 5.41 Å². The van der Waals surface area contributed by atoms with Crippen LogP contribution in [0.4, 0.5) is 0 Å². The van der Waals surface area contributed by atoms with Crippen molar-refractivity contribution in [3.8, 4) is 5.75 Å². The maximum atomic E-state index is 10.4. The largest absolute Gasteiger partial charge is 0.467 e. The maximum absolute atomic E-state index is 10.4. The Balaban J connectivity index is 3.19. The Kier molecular flexibility index (Phi) is 5.14. The molecule has 0 amide bonds. The number of hydrogen-bond acceptors (Lipinski definition) is 4. The summed E-state index contributed by atoms with van der Waals surface area (Å²) in [6, 6.07) is 5.34. The summed E-state index contributed by atoms with van der Waals surface area (Å²) in [6.07, 6.45) is -0.715. The zero-order valence-corrected chi connectivity index (χ0v) is 11.4. The Hall–Kier alpha value is -1.10. The minimum absolute atomic E-state index is 0.110. The highest BCUT2D eigenvalue weighted by Crippen LogP contribution is 2.39. The van der Waals surface area contributed by atoms with E-state index in [1.165, 1.54) is 7.11 Å². The first-order chi connectivity index (χ1) is 8.41. The number of aliphatic hydroxyl groups excluding tert-OH is 2. The fourth-order valence-electron chi connectivity index (χ4n) is 1.72. The summed E-state index contributed by atoms with van der Waals surface area (Å²) in [4.78, 5) is 0. The summed E-state index contributed by atoms with van der Waals surface area (Å²) in [5.74, 6) is 0.547. The molecule has 2 N–H and O–H groups in total. The van der Waals surface area contributed by atoms with Gasteiger partial charge in [-0.25, -0.2) is 0 Å². The van der Waals surface area contributed by atoms with Crippen molar-refractivity contribution in [1.82, 2.24) is 0 Å². The van der Waals surface area contributed by atoms with Gasteiger partial charge in [0.05, 0.1) is 12.7 Å². The Morgan fingerprint density at radius 3 is 2.44 bits per heavy atom. The monoisotopic (exact) mass is 254 g/mol. The molecule has 0 aliphatic rings. The Bertz CT molecular complexity index is 382. The second-order valence-corrected chi connectivity index (χ2v) is 5.31. The molecule has 0 radical (unpaired) electrons. The average molecular weight is 254 g/mol. The van der Waals surface area contributed by atoms with Crippen LogP contribution < -0.4 is 4.74 Å². The molecule has 0 saturated heterocycles. The average Bonchev–Trinajstić information content (AvgIpc) is 2.33. The zero-order chi connectivity index (χ0) is 13.8. The quantitative estimate of drug-likeness (QED) is 0.791. The number of ether oxygens (including phenoxy) is 2. The molecule has 1 aromatic carbocycles. The van der Waals surface area contributed by atoms with E-state index in [-0.39, 0.29) is 18.8 Å². The van der Waals surface area contributed by atoms with Gasteiger partial charge in [-0.1, -0.05) is 32.9 Å². The first-order valence-electron chi connectivity index (χ1n) is 5.94. The van der Waals surface area contributed by atoms with Gasteiger partial charge in [0.2, 0.25) is 0 Å². The van der Waals surface area contributed by atoms with Gasteiger partial charge in [-0.3, -0.25) is 0 Å². The van der Waals surface area contributed by atoms with Crippen LogP contribution in [0.15, 0.2) is 18.2 Å². The molecular weight excluding hydrogens is 232 g/mol. The molecule has 1 rings (SSSR count). The Labute approximate surface area is 108 Å². The summed E-state index contributed by atoms with van der Waals surface area (Å²) in [6.45, 7) is 5.79. The molecule has 102 valence electrons. The zero-order valence-electron chi connectivity index (χ0n) is 11.4. The van der Waals surface area contributed by atoms with Crippen LogP contribution in [0.5, 0.6) is 5.75 Å². The van der Waals surface area contributed by atoms with E-state index in [9.17, 15) is 10.2 Å². The molecule has 0 heterocycles. The molecule has 0 aromatic heterocycles. The Morgan fingerprint density at radius 2 is 1.94 bits per heavy atom. The predicted octanol–water partition coefficient (Wildman–Crippen LogP) is 2.24. The smallest absolute Gasteiger partial charge is 0.188 e. The van der Waals surface area contributed by atoms with Crippen molar-refractivity contribution in [3.63, 3.8) is 0 Å². The minimum atomic E-state index is -0.715. The molecule has 1 aromatic rings. The van der Waals surface area contributed by atoms with Crippen LogP contribution in [0, 0.1) is 5.41 Å². The molecule has 4 heteroatoms. The van der Waals surface area contributed by atoms with Crippen molar-refractivity contribution in [2.45, 2.75) is 33.5 Å². The van der Waals surface area contributed by atoms with E-state index in [1.54, 1.807) is 18.2 Å². The highest BCUT2D eigenvalue weighted by atomic mass is 16.7. The topological polar surface area (TPSA) is 58.9 Å². The second-order valence-electron chi connectivity index (χ2n) is 5.31. The Morgan fingerprint density at radius 1 is 1.28 bits per heavy atom. The SMILES string of the molecule is COCOc1cccc(CO)c1C(O)C(C)(C)C. The lowest BCUT2D eigenvalue weighted by molar-refractivity contribution is 0.0353. The summed E-state index contributed by atoms with van der Waals surface area (Å²) in [5, 5.41) is 19.8.